The lowest BCUT2D eigenvalue weighted by Gasteiger charge is -2.17. The van der Waals surface area contributed by atoms with Crippen LogP contribution in [-0.4, -0.2) is 11.1 Å². The van der Waals surface area contributed by atoms with E-state index in [0.29, 0.717) is 10.8 Å². The number of hydrogen-bond acceptors (Lipinski definition) is 3. The molecule has 0 aromatic carbocycles. The van der Waals surface area contributed by atoms with Gasteiger partial charge < -0.3 is 0 Å². The van der Waals surface area contributed by atoms with Gasteiger partial charge in [-0.25, -0.2) is 0 Å². The molecule has 1 aliphatic carbocycles. The Bertz CT molecular complexity index is 292. The van der Waals surface area contributed by atoms with Crippen LogP contribution in [0.2, 0.25) is 0 Å². The highest BCUT2D eigenvalue weighted by Gasteiger charge is 2.26. The fourth-order valence-corrected chi connectivity index (χ4v) is 2.70. The summed E-state index contributed by atoms with van der Waals surface area (Å²) < 4.78 is 0. The number of carbonyl (C=O) groups is 2. The molecule has 0 spiro atoms. The lowest BCUT2D eigenvalue weighted by atomic mass is 9.89. The van der Waals surface area contributed by atoms with Crippen molar-refractivity contribution < 1.29 is 9.59 Å². The monoisotopic (exact) mass is 211 g/mol. The van der Waals surface area contributed by atoms with E-state index >= 15 is 0 Å². The zero-order valence-corrected chi connectivity index (χ0v) is 8.73. The smallest absolute Gasteiger partial charge is 0.282 e. The zero-order chi connectivity index (χ0) is 9.97. The van der Waals surface area contributed by atoms with Crippen molar-refractivity contribution >= 4 is 22.9 Å². The standard InChI is InChI=1S/C10H13NO2S/c12-9-8(14-10(13)11-9)6-7-4-2-1-3-5-7/h6-7H,1-5H2,(H,11,12,13)/b8-6+. The number of rotatable bonds is 1. The van der Waals surface area contributed by atoms with Crippen LogP contribution in [-0.2, 0) is 4.79 Å². The first kappa shape index (κ1) is 9.77. The van der Waals surface area contributed by atoms with E-state index < -0.39 is 0 Å². The highest BCUT2D eigenvalue weighted by molar-refractivity contribution is 8.18. The Hall–Kier alpha value is -0.770. The quantitative estimate of drug-likeness (QED) is 0.677. The summed E-state index contributed by atoms with van der Waals surface area (Å²) in [5, 5.41) is 2.03. The van der Waals surface area contributed by atoms with E-state index in [2.05, 4.69) is 5.32 Å². The van der Waals surface area contributed by atoms with Gasteiger partial charge in [0, 0.05) is 0 Å². The van der Waals surface area contributed by atoms with Gasteiger partial charge in [-0.05, 0) is 30.5 Å². The van der Waals surface area contributed by atoms with E-state index in [-0.39, 0.29) is 11.1 Å². The minimum atomic E-state index is -0.239. The molecule has 1 aliphatic heterocycles. The van der Waals surface area contributed by atoms with Gasteiger partial charge in [0.05, 0.1) is 4.91 Å². The predicted molar refractivity (Wildman–Crippen MR) is 55.8 cm³/mol. The number of thioether (sulfide) groups is 1. The normalized spacial score (nSPS) is 27.0. The molecule has 1 N–H and O–H groups in total. The third-order valence-corrected chi connectivity index (χ3v) is 3.51. The number of carbonyl (C=O) groups excluding carboxylic acids is 2. The second kappa shape index (κ2) is 4.17. The van der Waals surface area contributed by atoms with Crippen molar-refractivity contribution in [1.29, 1.82) is 0 Å². The lowest BCUT2D eigenvalue weighted by Crippen LogP contribution is -2.18. The van der Waals surface area contributed by atoms with Crippen LogP contribution in [0.4, 0.5) is 4.79 Å². The second-order valence-corrected chi connectivity index (χ2v) is 4.79. The van der Waals surface area contributed by atoms with Crippen LogP contribution < -0.4 is 5.32 Å². The number of imide groups is 1. The first-order valence-electron chi connectivity index (χ1n) is 5.01. The summed E-state index contributed by atoms with van der Waals surface area (Å²) in [6.45, 7) is 0. The van der Waals surface area contributed by atoms with Crippen LogP contribution in [0.3, 0.4) is 0 Å². The molecule has 0 unspecified atom stereocenters. The van der Waals surface area contributed by atoms with Crippen LogP contribution >= 0.6 is 11.8 Å². The van der Waals surface area contributed by atoms with Crippen LogP contribution in [0, 0.1) is 5.92 Å². The van der Waals surface area contributed by atoms with E-state index in [1.807, 2.05) is 6.08 Å². The van der Waals surface area contributed by atoms with Gasteiger partial charge in [0.15, 0.2) is 0 Å². The second-order valence-electron chi connectivity index (χ2n) is 3.77. The molecule has 3 nitrogen and oxygen atoms in total. The van der Waals surface area contributed by atoms with Crippen LogP contribution in [0.1, 0.15) is 32.1 Å². The molecule has 14 heavy (non-hydrogen) atoms. The van der Waals surface area contributed by atoms with Gasteiger partial charge in [-0.2, -0.15) is 0 Å². The third-order valence-electron chi connectivity index (χ3n) is 2.68. The van der Waals surface area contributed by atoms with Gasteiger partial charge in [-0.3, -0.25) is 14.9 Å². The predicted octanol–water partition coefficient (Wildman–Crippen LogP) is 2.43. The van der Waals surface area contributed by atoms with Crippen molar-refractivity contribution in [3.05, 3.63) is 11.0 Å². The Balaban J connectivity index is 2.02. The molecule has 1 saturated heterocycles. The van der Waals surface area contributed by atoms with Crippen LogP contribution in [0.15, 0.2) is 11.0 Å². The molecule has 1 heterocycles. The molecular formula is C10H13NO2S. The maximum atomic E-state index is 11.2. The van der Waals surface area contributed by atoms with Crippen molar-refractivity contribution in [2.75, 3.05) is 0 Å². The third kappa shape index (κ3) is 2.18. The summed E-state index contributed by atoms with van der Waals surface area (Å²) in [6, 6.07) is 0. The number of allylic oxidation sites excluding steroid dienone is 1. The molecule has 2 aliphatic rings. The fourth-order valence-electron chi connectivity index (χ4n) is 1.95. The van der Waals surface area contributed by atoms with Crippen LogP contribution in [0.5, 0.6) is 0 Å². The van der Waals surface area contributed by atoms with Crippen molar-refractivity contribution in [1.82, 2.24) is 5.32 Å². The molecule has 2 rings (SSSR count). The van der Waals surface area contributed by atoms with E-state index in [9.17, 15) is 9.59 Å². The maximum Gasteiger partial charge on any atom is 0.290 e. The Labute approximate surface area is 87.3 Å². The Morgan fingerprint density at radius 3 is 2.50 bits per heavy atom. The van der Waals surface area contributed by atoms with Gasteiger partial charge in [0.1, 0.15) is 0 Å². The van der Waals surface area contributed by atoms with Crippen molar-refractivity contribution in [3.63, 3.8) is 0 Å². The summed E-state index contributed by atoms with van der Waals surface area (Å²) in [7, 11) is 0. The number of amides is 2. The van der Waals surface area contributed by atoms with Gasteiger partial charge in [0.25, 0.3) is 11.1 Å². The Morgan fingerprint density at radius 2 is 1.93 bits per heavy atom. The SMILES string of the molecule is O=C1NC(=O)/C(=C\C2CCCCC2)S1. The highest BCUT2D eigenvalue weighted by Crippen LogP contribution is 2.30. The average Bonchev–Trinajstić information content (AvgIpc) is 2.47. The van der Waals surface area contributed by atoms with E-state index in [1.54, 1.807) is 0 Å². The summed E-state index contributed by atoms with van der Waals surface area (Å²) >= 11 is 1.03. The first-order chi connectivity index (χ1) is 6.75. The molecule has 0 atom stereocenters. The molecule has 2 amide bonds. The van der Waals surface area contributed by atoms with E-state index in [1.165, 1.54) is 19.3 Å². The van der Waals surface area contributed by atoms with E-state index in [4.69, 9.17) is 0 Å². The van der Waals surface area contributed by atoms with Crippen LogP contribution in [0.25, 0.3) is 0 Å². The van der Waals surface area contributed by atoms with Gasteiger partial charge >= 0.3 is 0 Å². The first-order valence-corrected chi connectivity index (χ1v) is 5.82. The largest absolute Gasteiger partial charge is 0.290 e. The molecule has 2 fully saturated rings. The van der Waals surface area contributed by atoms with Gasteiger partial charge in [-0.1, -0.05) is 25.3 Å². The topological polar surface area (TPSA) is 46.2 Å². The molecule has 0 aromatic rings. The van der Waals surface area contributed by atoms with Crippen molar-refractivity contribution in [3.8, 4) is 0 Å². The number of hydrogen-bond donors (Lipinski definition) is 1. The minimum Gasteiger partial charge on any atom is -0.282 e. The molecule has 1 saturated carbocycles. The van der Waals surface area contributed by atoms with Gasteiger partial charge in [-0.15, -0.1) is 0 Å². The summed E-state index contributed by atoms with van der Waals surface area (Å²) in [5.41, 5.74) is 0. The molecular weight excluding hydrogens is 198 g/mol. The summed E-state index contributed by atoms with van der Waals surface area (Å²) in [4.78, 5) is 22.7. The Morgan fingerprint density at radius 1 is 1.21 bits per heavy atom. The summed E-state index contributed by atoms with van der Waals surface area (Å²) in [5.74, 6) is 0.286. The molecule has 0 radical (unpaired) electrons. The Kier molecular flexibility index (Phi) is 2.91. The van der Waals surface area contributed by atoms with Gasteiger partial charge in [0.2, 0.25) is 0 Å². The summed E-state index contributed by atoms with van der Waals surface area (Å²) in [6.07, 6.45) is 8.09. The average molecular weight is 211 g/mol. The molecule has 4 heteroatoms. The van der Waals surface area contributed by atoms with E-state index in [0.717, 1.165) is 24.6 Å². The molecule has 0 aromatic heterocycles. The molecule has 0 bridgehead atoms. The maximum absolute atomic E-state index is 11.2. The minimum absolute atomic E-state index is 0.217. The number of nitrogens with one attached hydrogen (secondary N) is 1. The lowest BCUT2D eigenvalue weighted by molar-refractivity contribution is -0.115. The highest BCUT2D eigenvalue weighted by atomic mass is 32.2. The van der Waals surface area contributed by atoms with Crippen molar-refractivity contribution in [2.24, 2.45) is 5.92 Å². The van der Waals surface area contributed by atoms with Crippen molar-refractivity contribution in [2.45, 2.75) is 32.1 Å². The molecule has 76 valence electrons. The fraction of sp³-hybridized carbons (Fsp3) is 0.600. The zero-order valence-electron chi connectivity index (χ0n) is 7.91.